The van der Waals surface area contributed by atoms with E-state index in [1.165, 1.54) is 0 Å². The molecule has 1 unspecified atom stereocenters. The zero-order chi connectivity index (χ0) is 65.8. The van der Waals surface area contributed by atoms with Crippen LogP contribution in [0.5, 0.6) is 0 Å². The summed E-state index contributed by atoms with van der Waals surface area (Å²) in [6.07, 6.45) is -61.6. The van der Waals surface area contributed by atoms with E-state index in [0.29, 0.717) is 0 Å². The Morgan fingerprint density at radius 1 is 0.466 bits per heavy atom. The summed E-state index contributed by atoms with van der Waals surface area (Å²) in [5.74, 6) is -13.6. The molecule has 88 heavy (non-hydrogen) atoms. The van der Waals surface area contributed by atoms with E-state index in [1.807, 2.05) is 0 Å². The Balaban J connectivity index is 1.40. The number of hydrogen-bond acceptors (Lipinski definition) is 35. The average molecular weight is 1290 g/mol. The maximum atomic E-state index is 13.2. The molecule has 6 aliphatic rings. The second kappa shape index (κ2) is 30.7. The largest absolute Gasteiger partial charge is 0.477 e. The van der Waals surface area contributed by atoms with Crippen LogP contribution in [0.15, 0.2) is 0 Å². The number of hydrogen-bond donors (Lipinski definition) is 24. The molecule has 6 fully saturated rings. The molecule has 0 aromatic rings. The third-order valence-corrected chi connectivity index (χ3v) is 15.6. The van der Waals surface area contributed by atoms with Gasteiger partial charge in [0.2, 0.25) is 17.7 Å². The van der Waals surface area contributed by atoms with Crippen molar-refractivity contribution in [2.45, 2.75) is 229 Å². The van der Waals surface area contributed by atoms with Gasteiger partial charge in [0.25, 0.3) is 11.6 Å². The minimum absolute atomic E-state index is 0.864. The lowest BCUT2D eigenvalue weighted by Crippen LogP contribution is -2.72. The van der Waals surface area contributed by atoms with Crippen LogP contribution in [0.2, 0.25) is 0 Å². The summed E-state index contributed by atoms with van der Waals surface area (Å²) in [6, 6.07) is -5.59. The molecule has 0 spiro atoms. The lowest BCUT2D eigenvalue weighted by Gasteiger charge is -2.52. The zero-order valence-electron chi connectivity index (χ0n) is 46.9. The van der Waals surface area contributed by atoms with Gasteiger partial charge in [-0.1, -0.05) is 0 Å². The van der Waals surface area contributed by atoms with Gasteiger partial charge < -0.3 is 175 Å². The highest BCUT2D eigenvalue weighted by atomic mass is 16.8. The van der Waals surface area contributed by atoms with Crippen molar-refractivity contribution in [2.75, 3.05) is 39.6 Å². The molecule has 0 saturated carbocycles. The van der Waals surface area contributed by atoms with Crippen molar-refractivity contribution in [1.29, 1.82) is 0 Å². The first kappa shape index (κ1) is 73.2. The Morgan fingerprint density at radius 2 is 0.864 bits per heavy atom. The molecule has 0 aliphatic carbocycles. The number of carbonyl (C=O) groups excluding carboxylic acids is 3. The number of rotatable bonds is 25. The van der Waals surface area contributed by atoms with Crippen molar-refractivity contribution in [1.82, 2.24) is 16.0 Å². The van der Waals surface area contributed by atoms with Crippen molar-refractivity contribution in [3.05, 3.63) is 0 Å². The molecule has 0 bridgehead atoms. The van der Waals surface area contributed by atoms with Crippen LogP contribution in [0, 0.1) is 0 Å². The first-order chi connectivity index (χ1) is 41.2. The van der Waals surface area contributed by atoms with E-state index in [-0.39, 0.29) is 0 Å². The lowest BCUT2D eigenvalue weighted by atomic mass is 9.88. The Kier molecular flexibility index (Phi) is 25.6. The monoisotopic (exact) mass is 1290 g/mol. The van der Waals surface area contributed by atoms with Crippen molar-refractivity contribution in [3.8, 4) is 0 Å². The van der Waals surface area contributed by atoms with Crippen molar-refractivity contribution in [3.63, 3.8) is 0 Å². The van der Waals surface area contributed by atoms with Crippen molar-refractivity contribution >= 4 is 29.7 Å². The smallest absolute Gasteiger partial charge is 0.364 e. The van der Waals surface area contributed by atoms with Crippen molar-refractivity contribution in [2.24, 2.45) is 0 Å². The minimum Gasteiger partial charge on any atom is -0.477 e. The van der Waals surface area contributed by atoms with Crippen LogP contribution in [0.1, 0.15) is 33.6 Å². The maximum absolute atomic E-state index is 13.2. The van der Waals surface area contributed by atoms with E-state index in [1.54, 1.807) is 0 Å². The van der Waals surface area contributed by atoms with Gasteiger partial charge >= 0.3 is 11.9 Å². The number of carboxylic acids is 2. The molecule has 6 saturated heterocycles. The van der Waals surface area contributed by atoms with Crippen LogP contribution in [-0.4, -0.2) is 372 Å². The Labute approximate surface area is 496 Å². The fraction of sp³-hybridized carbons (Fsp3) is 0.896. The quantitative estimate of drug-likeness (QED) is 0.0404. The number of aliphatic hydroxyl groups excluding tert-OH is 19. The average Bonchev–Trinajstić information content (AvgIpc) is 0.821. The number of nitrogens with one attached hydrogen (secondary N) is 3. The molecule has 0 aromatic heterocycles. The number of aliphatic carboxylic acids is 2. The summed E-state index contributed by atoms with van der Waals surface area (Å²) in [6.45, 7) is -4.40. The fourth-order valence-corrected chi connectivity index (χ4v) is 11.0. The number of carbonyl (C=O) groups is 5. The predicted octanol–water partition coefficient (Wildman–Crippen LogP) is -15.3. The highest BCUT2D eigenvalue weighted by Crippen LogP contribution is 2.41. The molecule has 0 radical (unpaired) electrons. The molecule has 508 valence electrons. The van der Waals surface area contributed by atoms with Crippen LogP contribution >= 0.6 is 0 Å². The van der Waals surface area contributed by atoms with Gasteiger partial charge in [-0.15, -0.1) is 0 Å². The first-order valence-electron chi connectivity index (χ1n) is 27.4. The summed E-state index contributed by atoms with van der Waals surface area (Å²) in [4.78, 5) is 64.0. The van der Waals surface area contributed by atoms with E-state index >= 15 is 0 Å². The van der Waals surface area contributed by atoms with Gasteiger partial charge in [0.1, 0.15) is 134 Å². The molecule has 40 heteroatoms. The van der Waals surface area contributed by atoms with Crippen LogP contribution in [-0.2, 0) is 76.1 Å². The van der Waals surface area contributed by atoms with E-state index in [0.717, 1.165) is 20.8 Å². The summed E-state index contributed by atoms with van der Waals surface area (Å²) < 4.78 is 63.1. The van der Waals surface area contributed by atoms with Gasteiger partial charge in [0.15, 0.2) is 25.2 Å². The standard InChI is InChI=1S/C48H79N3O37/c1-12(57)49-23-15(60)4-47(45(74)75,86-38(23)26(64)17(62)6-52)78-11-22-29(67)37(25(51-14(3)59)42(82-22)83-36-21(10-56)81-43(33(71)31(36)69)84-35-20(9-55)79-41(73)32(70)30(35)68)85-44-34(72)40(28(66)19(8-54)80-44)88-48(46(76)77)5-16(61)24(50-13(2)58)39(87-48)27(65)18(63)7-53/h15-44,52-56,60-73H,4-11H2,1-3H3,(H,49,57)(H,50,58)(H,51,59)(H,74,75)(H,76,77)/t15-,16-,17+,18+,19+,20+,21+,22+,23+,24+,25+,26+,27+,28-,29-,30+,31+,32+,33+,34+,35+,36-,37+,38+,39+,40-,41?,42-,43-,44-,47+,48-/m0/s1. The van der Waals surface area contributed by atoms with Crippen LogP contribution in [0.4, 0.5) is 0 Å². The third-order valence-electron chi connectivity index (χ3n) is 15.6. The SMILES string of the molecule is CC(=O)N[C@H]1[C@H](O[C@@H]2[C@H](O)[C@@H](O)[C@H](O[C@H]3[C@H](O)[C@@H](O)C(O)O[C@@H]3CO)O[C@@H]2CO)O[C@H](CO[C@]2(C(=O)O)C[C@H](O)[C@@H](NC(C)=O)[C@H]([C@H](O)[C@H](O)CO)O2)[C@H](O)[C@@H]1O[C@@H]1O[C@H](CO)[C@H](O)[C@H](O[C@]2(C(=O)O)C[C@H](O)[C@@H](NC(C)=O)[C@H]([C@H](O)[C@H](O)CO)O2)[C@H]1O. The zero-order valence-corrected chi connectivity index (χ0v) is 46.9. The summed E-state index contributed by atoms with van der Waals surface area (Å²) in [5.41, 5.74) is 0. The van der Waals surface area contributed by atoms with Crippen molar-refractivity contribution < 1.29 is 183 Å². The van der Waals surface area contributed by atoms with E-state index < -0.39 is 277 Å². The number of amides is 3. The number of carboxylic acid groups (broad SMARTS) is 2. The molecule has 6 heterocycles. The summed E-state index contributed by atoms with van der Waals surface area (Å²) >= 11 is 0. The maximum Gasteiger partial charge on any atom is 0.364 e. The molecule has 40 nitrogen and oxygen atoms in total. The van der Waals surface area contributed by atoms with E-state index in [4.69, 9.17) is 52.1 Å². The molecule has 24 N–H and O–H groups in total. The summed E-state index contributed by atoms with van der Waals surface area (Å²) in [5, 5.41) is 234. The van der Waals surface area contributed by atoms with E-state index in [9.17, 15) is 131 Å². The van der Waals surface area contributed by atoms with Gasteiger partial charge in [-0.3, -0.25) is 14.4 Å². The predicted molar refractivity (Wildman–Crippen MR) is 268 cm³/mol. The molecule has 32 atom stereocenters. The molecule has 0 aromatic carbocycles. The normalized spacial score (nSPS) is 44.6. The lowest BCUT2D eigenvalue weighted by molar-refractivity contribution is -0.390. The van der Waals surface area contributed by atoms with Gasteiger partial charge in [-0.05, 0) is 0 Å². The van der Waals surface area contributed by atoms with Gasteiger partial charge in [0.05, 0.1) is 63.9 Å². The Morgan fingerprint density at radius 3 is 1.34 bits per heavy atom. The molecule has 6 aliphatic heterocycles. The second-order valence-corrected chi connectivity index (χ2v) is 21.9. The molecule has 6 rings (SSSR count). The van der Waals surface area contributed by atoms with Gasteiger partial charge in [0, 0.05) is 33.6 Å². The van der Waals surface area contributed by atoms with E-state index in [2.05, 4.69) is 16.0 Å². The fourth-order valence-electron chi connectivity index (χ4n) is 11.0. The van der Waals surface area contributed by atoms with Crippen LogP contribution in [0.3, 0.4) is 0 Å². The highest BCUT2D eigenvalue weighted by Gasteiger charge is 2.62. The second-order valence-electron chi connectivity index (χ2n) is 21.9. The number of aliphatic hydroxyl groups is 19. The topological polar surface area (TPSA) is 648 Å². The Bertz CT molecular complexity index is 2320. The van der Waals surface area contributed by atoms with Gasteiger partial charge in [-0.25, -0.2) is 9.59 Å². The highest BCUT2D eigenvalue weighted by molar-refractivity contribution is 5.77. The molecular formula is C48H79N3O37. The van der Waals surface area contributed by atoms with Crippen LogP contribution in [0.25, 0.3) is 0 Å². The summed E-state index contributed by atoms with van der Waals surface area (Å²) in [7, 11) is 0. The molecule has 3 amide bonds. The van der Waals surface area contributed by atoms with Crippen LogP contribution < -0.4 is 16.0 Å². The third kappa shape index (κ3) is 15.8. The number of ether oxygens (including phenoxy) is 11. The Hall–Kier alpha value is -3.85. The first-order valence-corrected chi connectivity index (χ1v) is 27.4. The van der Waals surface area contributed by atoms with Gasteiger partial charge in [-0.2, -0.15) is 0 Å². The molecular weight excluding hydrogens is 1210 g/mol. The minimum atomic E-state index is -3.33.